The first-order valence-corrected chi connectivity index (χ1v) is 8.28. The zero-order valence-corrected chi connectivity index (χ0v) is 16.6. The Hall–Kier alpha value is -1.12. The molecule has 10 heteroatoms. The predicted molar refractivity (Wildman–Crippen MR) is 104 cm³/mol. The molecule has 1 aliphatic heterocycles. The number of carbonyl (C=O) groups is 2. The number of hydrogen-bond donors (Lipinski definition) is 3. The van der Waals surface area contributed by atoms with E-state index >= 15 is 0 Å². The summed E-state index contributed by atoms with van der Waals surface area (Å²) in [5.74, 6) is -0.947. The molecule has 26 heavy (non-hydrogen) atoms. The number of halogens is 4. The third-order valence-electron chi connectivity index (χ3n) is 3.91. The number of benzene rings is 1. The van der Waals surface area contributed by atoms with E-state index in [-0.39, 0.29) is 61.6 Å². The van der Waals surface area contributed by atoms with Gasteiger partial charge in [-0.05, 0) is 37.1 Å². The molecule has 0 bridgehead atoms. The predicted octanol–water partition coefficient (Wildman–Crippen LogP) is 1.48. The van der Waals surface area contributed by atoms with Gasteiger partial charge in [0.25, 0.3) is 0 Å². The largest absolute Gasteiger partial charge is 0.351 e. The Bertz CT molecular complexity index is 607. The number of nitrogens with zero attached hydrogens (tertiary/aromatic N) is 1. The van der Waals surface area contributed by atoms with Crippen molar-refractivity contribution in [1.29, 1.82) is 0 Å². The lowest BCUT2D eigenvalue weighted by Gasteiger charge is -2.33. The van der Waals surface area contributed by atoms with Crippen molar-refractivity contribution in [2.24, 2.45) is 5.73 Å². The molecule has 2 rings (SSSR count). The average molecular weight is 430 g/mol. The van der Waals surface area contributed by atoms with Crippen molar-refractivity contribution in [3.63, 3.8) is 0 Å². The molecule has 4 N–H and O–H groups in total. The van der Waals surface area contributed by atoms with Gasteiger partial charge in [0, 0.05) is 24.2 Å². The first kappa shape index (κ1) is 24.9. The molecule has 0 aromatic heterocycles. The number of rotatable bonds is 6. The topological polar surface area (TPSA) is 87.5 Å². The van der Waals surface area contributed by atoms with Crippen LogP contribution in [0.1, 0.15) is 18.4 Å². The molecule has 1 heterocycles. The van der Waals surface area contributed by atoms with Crippen LogP contribution in [0.25, 0.3) is 0 Å². The van der Waals surface area contributed by atoms with Gasteiger partial charge in [-0.2, -0.15) is 0 Å². The fraction of sp³-hybridized carbons (Fsp3) is 0.500. The van der Waals surface area contributed by atoms with E-state index in [2.05, 4.69) is 15.5 Å². The second-order valence-corrected chi connectivity index (χ2v) is 6.27. The smallest absolute Gasteiger partial charge is 0.239 e. The van der Waals surface area contributed by atoms with Crippen molar-refractivity contribution >= 4 is 48.2 Å². The molecule has 1 aromatic rings. The summed E-state index contributed by atoms with van der Waals surface area (Å²) < 4.78 is 13.1. The minimum Gasteiger partial charge on any atom is -0.351 e. The number of nitrogens with two attached hydrogens (primary N) is 1. The normalized spacial score (nSPS) is 16.8. The van der Waals surface area contributed by atoms with Crippen molar-refractivity contribution in [3.05, 3.63) is 34.6 Å². The van der Waals surface area contributed by atoms with Crippen LogP contribution in [0.15, 0.2) is 18.2 Å². The zero-order valence-electron chi connectivity index (χ0n) is 14.2. The Morgan fingerprint density at radius 2 is 2.04 bits per heavy atom. The van der Waals surface area contributed by atoms with Crippen LogP contribution in [0.4, 0.5) is 4.39 Å². The number of hydrogen-bond acceptors (Lipinski definition) is 4. The van der Waals surface area contributed by atoms with Gasteiger partial charge in [0.1, 0.15) is 5.82 Å². The molecule has 1 unspecified atom stereocenters. The first-order chi connectivity index (χ1) is 11.5. The Morgan fingerprint density at radius 1 is 1.31 bits per heavy atom. The fourth-order valence-corrected chi connectivity index (χ4v) is 2.96. The van der Waals surface area contributed by atoms with Crippen molar-refractivity contribution in [2.75, 3.05) is 26.2 Å². The van der Waals surface area contributed by atoms with E-state index in [1.54, 1.807) is 6.07 Å². The maximum atomic E-state index is 13.1. The quantitative estimate of drug-likeness (QED) is 0.639. The Morgan fingerprint density at radius 3 is 2.69 bits per heavy atom. The maximum absolute atomic E-state index is 13.1. The molecule has 0 spiro atoms. The van der Waals surface area contributed by atoms with Crippen LogP contribution in [0.2, 0.25) is 5.02 Å². The monoisotopic (exact) mass is 428 g/mol. The lowest BCUT2D eigenvalue weighted by Crippen LogP contribution is -2.50. The van der Waals surface area contributed by atoms with E-state index in [0.717, 1.165) is 24.9 Å². The molecule has 0 aliphatic carbocycles. The highest BCUT2D eigenvalue weighted by atomic mass is 35.5. The molecule has 1 atom stereocenters. The van der Waals surface area contributed by atoms with Gasteiger partial charge in [0.2, 0.25) is 11.8 Å². The van der Waals surface area contributed by atoms with Crippen LogP contribution in [-0.2, 0) is 16.1 Å². The van der Waals surface area contributed by atoms with Crippen LogP contribution in [-0.4, -0.2) is 48.9 Å². The van der Waals surface area contributed by atoms with Crippen molar-refractivity contribution < 1.29 is 14.0 Å². The second kappa shape index (κ2) is 12.3. The summed E-state index contributed by atoms with van der Waals surface area (Å²) in [6.07, 6.45) is 1.82. The fourth-order valence-electron chi connectivity index (χ4n) is 2.74. The molecule has 1 fully saturated rings. The number of likely N-dealkylation sites (tertiary alicyclic amines) is 1. The third kappa shape index (κ3) is 8.05. The molecule has 1 aliphatic rings. The number of amides is 2. The molecule has 0 saturated carbocycles. The third-order valence-corrected chi connectivity index (χ3v) is 4.26. The summed E-state index contributed by atoms with van der Waals surface area (Å²) in [5, 5.41) is 5.76. The van der Waals surface area contributed by atoms with E-state index in [1.165, 1.54) is 12.1 Å². The summed E-state index contributed by atoms with van der Waals surface area (Å²) in [6, 6.07) is 4.40. The first-order valence-electron chi connectivity index (χ1n) is 7.90. The van der Waals surface area contributed by atoms with Crippen molar-refractivity contribution in [3.8, 4) is 0 Å². The van der Waals surface area contributed by atoms with Gasteiger partial charge in [0.05, 0.1) is 13.1 Å². The molecule has 6 nitrogen and oxygen atoms in total. The molecule has 1 aromatic carbocycles. The number of nitrogens with one attached hydrogen (secondary N) is 2. The summed E-state index contributed by atoms with van der Waals surface area (Å²) >= 11 is 6.07. The SMILES string of the molecule is Cl.Cl.NCC(=O)NCC(=O)NC1CCCN(Cc2ccc(F)cc2Cl)C1. The Labute approximate surface area is 169 Å². The summed E-state index contributed by atoms with van der Waals surface area (Å²) in [6.45, 7) is 1.98. The molecule has 2 amide bonds. The minimum atomic E-state index is -0.360. The van der Waals surface area contributed by atoms with Gasteiger partial charge in [-0.3, -0.25) is 14.5 Å². The highest BCUT2D eigenvalue weighted by Gasteiger charge is 2.22. The van der Waals surface area contributed by atoms with Crippen LogP contribution in [0.5, 0.6) is 0 Å². The van der Waals surface area contributed by atoms with Gasteiger partial charge >= 0.3 is 0 Å². The van der Waals surface area contributed by atoms with E-state index in [1.807, 2.05) is 0 Å². The highest BCUT2D eigenvalue weighted by Crippen LogP contribution is 2.21. The van der Waals surface area contributed by atoms with Crippen molar-refractivity contribution in [2.45, 2.75) is 25.4 Å². The average Bonchev–Trinajstić information content (AvgIpc) is 2.55. The Kier molecular flexibility index (Phi) is 11.8. The zero-order chi connectivity index (χ0) is 17.5. The summed E-state index contributed by atoms with van der Waals surface area (Å²) in [5.41, 5.74) is 6.03. The van der Waals surface area contributed by atoms with E-state index < -0.39 is 0 Å². The van der Waals surface area contributed by atoms with Crippen LogP contribution in [0, 0.1) is 5.82 Å². The lowest BCUT2D eigenvalue weighted by atomic mass is 10.0. The van der Waals surface area contributed by atoms with E-state index in [4.69, 9.17) is 17.3 Å². The minimum absolute atomic E-state index is 0. The highest BCUT2D eigenvalue weighted by molar-refractivity contribution is 6.31. The Balaban J connectivity index is 0.00000312. The van der Waals surface area contributed by atoms with Gasteiger partial charge in [-0.15, -0.1) is 24.8 Å². The lowest BCUT2D eigenvalue weighted by molar-refractivity contribution is -0.126. The standard InChI is InChI=1S/C16H22ClFN4O2.2ClH/c17-14-6-12(18)4-3-11(14)9-22-5-1-2-13(10-22)21-16(24)8-20-15(23)7-19;;/h3-4,6,13H,1-2,5,7-10,19H2,(H,20,23)(H,21,24);2*1H. The number of carbonyl (C=O) groups excluding carboxylic acids is 2. The van der Waals surface area contributed by atoms with E-state index in [0.29, 0.717) is 18.1 Å². The van der Waals surface area contributed by atoms with Gasteiger partial charge in [-0.1, -0.05) is 17.7 Å². The molecular formula is C16H24Cl3FN4O2. The van der Waals surface area contributed by atoms with Crippen LogP contribution in [0.3, 0.4) is 0 Å². The van der Waals surface area contributed by atoms with Gasteiger partial charge in [0.15, 0.2) is 0 Å². The van der Waals surface area contributed by atoms with Crippen LogP contribution >= 0.6 is 36.4 Å². The summed E-state index contributed by atoms with van der Waals surface area (Å²) in [7, 11) is 0. The molecule has 148 valence electrons. The van der Waals surface area contributed by atoms with Gasteiger partial charge < -0.3 is 16.4 Å². The molecule has 1 saturated heterocycles. The van der Waals surface area contributed by atoms with E-state index in [9.17, 15) is 14.0 Å². The maximum Gasteiger partial charge on any atom is 0.239 e. The van der Waals surface area contributed by atoms with Crippen molar-refractivity contribution in [1.82, 2.24) is 15.5 Å². The summed E-state index contributed by atoms with van der Waals surface area (Å²) in [4.78, 5) is 25.1. The van der Waals surface area contributed by atoms with Crippen LogP contribution < -0.4 is 16.4 Å². The molecular weight excluding hydrogens is 406 g/mol. The second-order valence-electron chi connectivity index (χ2n) is 5.86. The number of piperidine rings is 1. The molecule has 0 radical (unpaired) electrons. The van der Waals surface area contributed by atoms with Gasteiger partial charge in [-0.25, -0.2) is 4.39 Å².